The van der Waals surface area contributed by atoms with Crippen molar-refractivity contribution in [3.8, 4) is 0 Å². The van der Waals surface area contributed by atoms with Gasteiger partial charge in [-0.25, -0.2) is 9.18 Å². The number of urea groups is 1. The summed E-state index contributed by atoms with van der Waals surface area (Å²) in [6.07, 6.45) is -4.66. The van der Waals surface area contributed by atoms with Gasteiger partial charge in [0.2, 0.25) is 0 Å². The number of ketones is 1. The minimum absolute atomic E-state index is 0.219. The Labute approximate surface area is 134 Å². The molecule has 8 heteroatoms. The first-order valence-corrected chi connectivity index (χ1v) is 6.72. The Hall–Kier alpha value is -2.90. The summed E-state index contributed by atoms with van der Waals surface area (Å²) in [7, 11) is 0. The highest BCUT2D eigenvalue weighted by molar-refractivity contribution is 6.01. The zero-order valence-corrected chi connectivity index (χ0v) is 12.4. The summed E-state index contributed by atoms with van der Waals surface area (Å²) in [5, 5.41) is 4.33. The molecule has 0 aliphatic heterocycles. The smallest absolute Gasteiger partial charge is 0.308 e. The van der Waals surface area contributed by atoms with Crippen LogP contribution in [0.3, 0.4) is 0 Å². The second-order valence-corrected chi connectivity index (χ2v) is 4.91. The van der Waals surface area contributed by atoms with E-state index in [0.29, 0.717) is 23.8 Å². The van der Waals surface area contributed by atoms with Gasteiger partial charge in [-0.05, 0) is 37.3 Å². The van der Waals surface area contributed by atoms with E-state index in [1.165, 1.54) is 31.2 Å². The number of nitrogens with one attached hydrogen (secondary N) is 2. The van der Waals surface area contributed by atoms with Crippen molar-refractivity contribution in [3.63, 3.8) is 0 Å². The quantitative estimate of drug-likeness (QED) is 0.629. The highest BCUT2D eigenvalue weighted by atomic mass is 19.4. The van der Waals surface area contributed by atoms with Gasteiger partial charge in [0, 0.05) is 11.3 Å². The second kappa shape index (κ2) is 6.69. The molecule has 2 rings (SSSR count). The number of carbonyl (C=O) groups is 2. The maximum absolute atomic E-state index is 13.6. The van der Waals surface area contributed by atoms with E-state index in [1.807, 2.05) is 5.32 Å². The summed E-state index contributed by atoms with van der Waals surface area (Å²) in [5.74, 6) is -1.22. The molecular formula is C16H12F4N2O2. The van der Waals surface area contributed by atoms with Crippen molar-refractivity contribution >= 4 is 23.2 Å². The van der Waals surface area contributed by atoms with Gasteiger partial charge >= 0.3 is 12.2 Å². The first-order chi connectivity index (χ1) is 11.2. The Balaban J connectivity index is 2.15. The lowest BCUT2D eigenvalue weighted by molar-refractivity contribution is -0.137. The maximum Gasteiger partial charge on any atom is 0.416 e. The van der Waals surface area contributed by atoms with Crippen molar-refractivity contribution in [1.29, 1.82) is 0 Å². The van der Waals surface area contributed by atoms with Crippen molar-refractivity contribution in [2.24, 2.45) is 0 Å². The number of amides is 2. The molecule has 2 amide bonds. The van der Waals surface area contributed by atoms with E-state index < -0.39 is 29.3 Å². The van der Waals surface area contributed by atoms with E-state index in [-0.39, 0.29) is 11.5 Å². The minimum atomic E-state index is -4.66. The lowest BCUT2D eigenvalue weighted by Gasteiger charge is -2.12. The summed E-state index contributed by atoms with van der Waals surface area (Å²) in [6.45, 7) is 1.34. The van der Waals surface area contributed by atoms with Crippen LogP contribution in [-0.4, -0.2) is 11.8 Å². The molecule has 0 radical (unpaired) electrons. The summed E-state index contributed by atoms with van der Waals surface area (Å²) in [5.41, 5.74) is -1.10. The molecule has 0 fully saturated rings. The molecule has 0 unspecified atom stereocenters. The largest absolute Gasteiger partial charge is 0.416 e. The molecule has 0 saturated carbocycles. The number of hydrogen-bond acceptors (Lipinski definition) is 2. The number of halogens is 4. The van der Waals surface area contributed by atoms with Crippen molar-refractivity contribution in [2.45, 2.75) is 13.1 Å². The molecular weight excluding hydrogens is 328 g/mol. The van der Waals surface area contributed by atoms with Crippen LogP contribution in [0.5, 0.6) is 0 Å². The molecule has 2 aromatic carbocycles. The zero-order chi connectivity index (χ0) is 17.9. The molecule has 0 aromatic heterocycles. The summed E-state index contributed by atoms with van der Waals surface area (Å²) in [4.78, 5) is 23.1. The van der Waals surface area contributed by atoms with E-state index in [0.717, 1.165) is 0 Å². The van der Waals surface area contributed by atoms with E-state index in [9.17, 15) is 27.2 Å². The van der Waals surface area contributed by atoms with Crippen LogP contribution >= 0.6 is 0 Å². The molecule has 0 heterocycles. The van der Waals surface area contributed by atoms with Gasteiger partial charge in [0.15, 0.2) is 5.78 Å². The predicted octanol–water partition coefficient (Wildman–Crippen LogP) is 4.69. The van der Waals surface area contributed by atoms with Crippen molar-refractivity contribution in [1.82, 2.24) is 0 Å². The summed E-state index contributed by atoms with van der Waals surface area (Å²) < 4.78 is 51.4. The van der Waals surface area contributed by atoms with E-state index in [1.54, 1.807) is 0 Å². The van der Waals surface area contributed by atoms with Crippen molar-refractivity contribution in [2.75, 3.05) is 10.6 Å². The fraction of sp³-hybridized carbons (Fsp3) is 0.125. The molecule has 0 saturated heterocycles. The standard InChI is InChI=1S/C16H12F4N2O2/c1-9(23)10-3-2-4-12(7-10)21-15(24)22-14-8-11(16(18,19)20)5-6-13(14)17/h2-8H,1H3,(H2,21,22,24). The van der Waals surface area contributed by atoms with Gasteiger partial charge in [-0.3, -0.25) is 4.79 Å². The van der Waals surface area contributed by atoms with Crippen LogP contribution in [0.1, 0.15) is 22.8 Å². The normalized spacial score (nSPS) is 11.0. The van der Waals surface area contributed by atoms with Crippen LogP contribution in [0.15, 0.2) is 42.5 Å². The molecule has 0 atom stereocenters. The summed E-state index contributed by atoms with van der Waals surface area (Å²) in [6, 6.07) is 6.70. The van der Waals surface area contributed by atoms with Gasteiger partial charge in [-0.1, -0.05) is 12.1 Å². The minimum Gasteiger partial charge on any atom is -0.308 e. The van der Waals surface area contributed by atoms with Crippen LogP contribution < -0.4 is 10.6 Å². The number of benzene rings is 2. The molecule has 0 bridgehead atoms. The van der Waals surface area contributed by atoms with Gasteiger partial charge in [0.05, 0.1) is 11.3 Å². The molecule has 2 aromatic rings. The average molecular weight is 340 g/mol. The van der Waals surface area contributed by atoms with Crippen molar-refractivity contribution in [3.05, 3.63) is 59.4 Å². The first kappa shape index (κ1) is 17.5. The molecule has 0 spiro atoms. The summed E-state index contributed by atoms with van der Waals surface area (Å²) >= 11 is 0. The molecule has 0 aliphatic carbocycles. The molecule has 0 aliphatic rings. The van der Waals surface area contributed by atoms with Crippen LogP contribution in [0.2, 0.25) is 0 Å². The van der Waals surface area contributed by atoms with Gasteiger partial charge < -0.3 is 10.6 Å². The lowest BCUT2D eigenvalue weighted by atomic mass is 10.1. The van der Waals surface area contributed by atoms with E-state index in [2.05, 4.69) is 5.32 Å². The van der Waals surface area contributed by atoms with Crippen LogP contribution in [-0.2, 0) is 6.18 Å². The van der Waals surface area contributed by atoms with Crippen molar-refractivity contribution < 1.29 is 27.2 Å². The van der Waals surface area contributed by atoms with E-state index >= 15 is 0 Å². The van der Waals surface area contributed by atoms with Crippen LogP contribution in [0.4, 0.5) is 33.7 Å². The van der Waals surface area contributed by atoms with Gasteiger partial charge in [-0.15, -0.1) is 0 Å². The number of Topliss-reactive ketones (excluding diaryl/α,β-unsaturated/α-hetero) is 1. The zero-order valence-electron chi connectivity index (χ0n) is 12.4. The van der Waals surface area contributed by atoms with Gasteiger partial charge in [0.1, 0.15) is 5.82 Å². The number of hydrogen-bond donors (Lipinski definition) is 2. The number of anilines is 2. The van der Waals surface area contributed by atoms with E-state index in [4.69, 9.17) is 0 Å². The highest BCUT2D eigenvalue weighted by Gasteiger charge is 2.31. The SMILES string of the molecule is CC(=O)c1cccc(NC(=O)Nc2cc(C(F)(F)F)ccc2F)c1. The third-order valence-electron chi connectivity index (χ3n) is 3.07. The Bertz CT molecular complexity index is 788. The number of rotatable bonds is 3. The maximum atomic E-state index is 13.6. The molecule has 24 heavy (non-hydrogen) atoms. The Morgan fingerprint density at radius 2 is 1.71 bits per heavy atom. The topological polar surface area (TPSA) is 58.2 Å². The third-order valence-corrected chi connectivity index (χ3v) is 3.07. The average Bonchev–Trinajstić information content (AvgIpc) is 2.48. The van der Waals surface area contributed by atoms with Gasteiger partial charge in [-0.2, -0.15) is 13.2 Å². The molecule has 2 N–H and O–H groups in total. The Morgan fingerprint density at radius 3 is 2.33 bits per heavy atom. The highest BCUT2D eigenvalue weighted by Crippen LogP contribution is 2.31. The fourth-order valence-corrected chi connectivity index (χ4v) is 1.90. The monoisotopic (exact) mass is 340 g/mol. The van der Waals surface area contributed by atoms with Crippen LogP contribution in [0.25, 0.3) is 0 Å². The second-order valence-electron chi connectivity index (χ2n) is 4.91. The lowest BCUT2D eigenvalue weighted by Crippen LogP contribution is -2.20. The predicted molar refractivity (Wildman–Crippen MR) is 80.5 cm³/mol. The van der Waals surface area contributed by atoms with Gasteiger partial charge in [0.25, 0.3) is 0 Å². The molecule has 4 nitrogen and oxygen atoms in total. The fourth-order valence-electron chi connectivity index (χ4n) is 1.90. The number of carbonyl (C=O) groups excluding carboxylic acids is 2. The molecule has 126 valence electrons. The Morgan fingerprint density at radius 1 is 1.00 bits per heavy atom. The van der Waals surface area contributed by atoms with Crippen LogP contribution in [0, 0.1) is 5.82 Å². The third kappa shape index (κ3) is 4.31. The first-order valence-electron chi connectivity index (χ1n) is 6.72. The number of alkyl halides is 3. The Kier molecular flexibility index (Phi) is 4.87.